The number of hydrogen-bond acceptors (Lipinski definition) is 7. The van der Waals surface area contributed by atoms with Crippen LogP contribution in [0.25, 0.3) is 22.8 Å². The number of hydrogen-bond donors (Lipinski definition) is 1. The molecule has 246 valence electrons. The van der Waals surface area contributed by atoms with E-state index < -0.39 is 12.0 Å². The molecule has 0 saturated heterocycles. The molecule has 46 heavy (non-hydrogen) atoms. The van der Waals surface area contributed by atoms with Gasteiger partial charge in [-0.15, -0.1) is 0 Å². The highest BCUT2D eigenvalue weighted by Crippen LogP contribution is 2.25. The van der Waals surface area contributed by atoms with E-state index in [-0.39, 0.29) is 17.7 Å². The molecule has 0 bridgehead atoms. The van der Waals surface area contributed by atoms with Crippen LogP contribution in [0.1, 0.15) is 95.1 Å². The lowest BCUT2D eigenvalue weighted by atomic mass is 9.86. The number of carbonyl (C=O) groups is 2. The number of carbonyl (C=O) groups excluding carboxylic acids is 2. The third-order valence-electron chi connectivity index (χ3n) is 7.50. The predicted molar refractivity (Wildman–Crippen MR) is 183 cm³/mol. The molecular weight excluding hydrogens is 578 g/mol. The number of methoxy groups -OCH3 is 1. The van der Waals surface area contributed by atoms with Gasteiger partial charge in [0.05, 0.1) is 13.7 Å². The Hall–Kier alpha value is -4.46. The number of esters is 1. The summed E-state index contributed by atoms with van der Waals surface area (Å²) in [6.45, 7) is 13.3. The molecule has 4 aromatic rings. The van der Waals surface area contributed by atoms with Gasteiger partial charge in [-0.3, -0.25) is 4.79 Å². The molecule has 4 rings (SSSR count). The van der Waals surface area contributed by atoms with Gasteiger partial charge in [0.25, 0.3) is 11.8 Å². The van der Waals surface area contributed by atoms with E-state index in [1.165, 1.54) is 32.8 Å². The number of unbranched alkanes of at least 4 members (excludes halogenated alkanes) is 4. The van der Waals surface area contributed by atoms with Gasteiger partial charge in [0.1, 0.15) is 11.8 Å². The van der Waals surface area contributed by atoms with Crippen LogP contribution in [0.3, 0.4) is 0 Å². The SMILES string of the molecule is CC.CCCCCCCOc1ccc(-c2noc(-c3ccc(CC(NC(=O)c4ccc(C(C)(C)C)cc4)C(=O)OC)cc3)n2)cc1. The van der Waals surface area contributed by atoms with Gasteiger partial charge >= 0.3 is 5.97 Å². The lowest BCUT2D eigenvalue weighted by Gasteiger charge is -2.20. The highest BCUT2D eigenvalue weighted by Gasteiger charge is 2.23. The van der Waals surface area contributed by atoms with E-state index in [1.54, 1.807) is 12.1 Å². The first kappa shape index (κ1) is 36.0. The van der Waals surface area contributed by atoms with E-state index in [4.69, 9.17) is 14.0 Å². The largest absolute Gasteiger partial charge is 0.494 e. The van der Waals surface area contributed by atoms with Gasteiger partial charge in [-0.2, -0.15) is 4.98 Å². The minimum Gasteiger partial charge on any atom is -0.494 e. The number of amides is 1. The van der Waals surface area contributed by atoms with E-state index in [0.717, 1.165) is 34.4 Å². The fraction of sp³-hybridized carbons (Fsp3) is 0.421. The normalized spacial score (nSPS) is 11.6. The summed E-state index contributed by atoms with van der Waals surface area (Å²) in [6, 6.07) is 21.7. The molecule has 0 radical (unpaired) electrons. The Kier molecular flexibility index (Phi) is 14.0. The molecule has 1 amide bonds. The molecule has 1 N–H and O–H groups in total. The smallest absolute Gasteiger partial charge is 0.328 e. The second-order valence-corrected chi connectivity index (χ2v) is 12.0. The highest BCUT2D eigenvalue weighted by atomic mass is 16.5. The standard InChI is InChI=1S/C36H43N3O5.C2H6/c1-6-7-8-9-10-23-43-30-21-17-26(18-22-30)32-38-34(44-39-32)28-13-11-25(12-14-28)24-31(35(41)42-5)37-33(40)27-15-19-29(20-16-27)36(2,3)4;1-2/h11-22,31H,6-10,23-24H2,1-5H3,(H,37,40);1-2H3. The van der Waals surface area contributed by atoms with Crippen LogP contribution in [-0.2, 0) is 21.4 Å². The molecule has 8 nitrogen and oxygen atoms in total. The van der Waals surface area contributed by atoms with Crippen molar-refractivity contribution in [3.8, 4) is 28.6 Å². The van der Waals surface area contributed by atoms with Gasteiger partial charge in [-0.1, -0.05) is 96.6 Å². The van der Waals surface area contributed by atoms with E-state index in [0.29, 0.717) is 23.9 Å². The zero-order valence-corrected chi connectivity index (χ0v) is 28.4. The maximum atomic E-state index is 12.9. The monoisotopic (exact) mass is 627 g/mol. The number of aromatic nitrogens is 2. The van der Waals surface area contributed by atoms with Crippen molar-refractivity contribution in [3.63, 3.8) is 0 Å². The van der Waals surface area contributed by atoms with E-state index in [9.17, 15) is 9.59 Å². The van der Waals surface area contributed by atoms with Gasteiger partial charge in [-0.05, 0) is 71.5 Å². The molecule has 1 atom stereocenters. The van der Waals surface area contributed by atoms with Gasteiger partial charge in [0.15, 0.2) is 0 Å². The van der Waals surface area contributed by atoms with Crippen LogP contribution in [0.2, 0.25) is 0 Å². The molecule has 1 heterocycles. The first-order chi connectivity index (χ1) is 22.2. The summed E-state index contributed by atoms with van der Waals surface area (Å²) in [5, 5.41) is 6.97. The first-order valence-corrected chi connectivity index (χ1v) is 16.3. The van der Waals surface area contributed by atoms with Crippen molar-refractivity contribution in [1.29, 1.82) is 0 Å². The summed E-state index contributed by atoms with van der Waals surface area (Å²) in [4.78, 5) is 30.0. The number of ether oxygens (including phenoxy) is 2. The van der Waals surface area contributed by atoms with Crippen LogP contribution < -0.4 is 10.1 Å². The summed E-state index contributed by atoms with van der Waals surface area (Å²) in [5.41, 5.74) is 4.00. The minimum absolute atomic E-state index is 0.0216. The summed E-state index contributed by atoms with van der Waals surface area (Å²) < 4.78 is 16.4. The molecule has 8 heteroatoms. The third kappa shape index (κ3) is 10.6. The highest BCUT2D eigenvalue weighted by molar-refractivity contribution is 5.96. The van der Waals surface area contributed by atoms with Gasteiger partial charge in [0.2, 0.25) is 5.82 Å². The van der Waals surface area contributed by atoms with Crippen LogP contribution in [-0.4, -0.2) is 41.8 Å². The molecule has 0 saturated carbocycles. The Morgan fingerprint density at radius 1 is 0.848 bits per heavy atom. The Bertz CT molecular complexity index is 1490. The second kappa shape index (κ2) is 17.9. The van der Waals surface area contributed by atoms with Crippen molar-refractivity contribution in [1.82, 2.24) is 15.5 Å². The van der Waals surface area contributed by atoms with Crippen molar-refractivity contribution >= 4 is 11.9 Å². The van der Waals surface area contributed by atoms with Crippen LogP contribution in [0.5, 0.6) is 5.75 Å². The minimum atomic E-state index is -0.844. The molecule has 0 aliphatic carbocycles. The zero-order valence-electron chi connectivity index (χ0n) is 28.4. The zero-order chi connectivity index (χ0) is 33.5. The lowest BCUT2D eigenvalue weighted by Crippen LogP contribution is -2.43. The second-order valence-electron chi connectivity index (χ2n) is 12.0. The average Bonchev–Trinajstić information content (AvgIpc) is 3.57. The quantitative estimate of drug-likeness (QED) is 0.110. The van der Waals surface area contributed by atoms with Crippen LogP contribution in [0, 0.1) is 0 Å². The van der Waals surface area contributed by atoms with Crippen molar-refractivity contribution < 1.29 is 23.6 Å². The maximum Gasteiger partial charge on any atom is 0.328 e. The van der Waals surface area contributed by atoms with Crippen LogP contribution >= 0.6 is 0 Å². The van der Waals surface area contributed by atoms with Crippen molar-refractivity contribution in [2.45, 2.75) is 91.5 Å². The number of nitrogens with one attached hydrogen (secondary N) is 1. The number of benzene rings is 3. The summed E-state index contributed by atoms with van der Waals surface area (Å²) in [6.07, 6.45) is 6.27. The van der Waals surface area contributed by atoms with Crippen LogP contribution in [0.15, 0.2) is 77.3 Å². The van der Waals surface area contributed by atoms with Crippen molar-refractivity contribution in [2.24, 2.45) is 0 Å². The summed E-state index contributed by atoms with van der Waals surface area (Å²) >= 11 is 0. The Labute approximate surface area is 273 Å². The molecule has 1 aromatic heterocycles. The number of rotatable bonds is 14. The van der Waals surface area contributed by atoms with Gasteiger partial charge in [-0.25, -0.2) is 4.79 Å². The summed E-state index contributed by atoms with van der Waals surface area (Å²) in [5.74, 6) is 0.842. The van der Waals surface area contributed by atoms with Crippen molar-refractivity contribution in [2.75, 3.05) is 13.7 Å². The molecular formula is C38H49N3O5. The van der Waals surface area contributed by atoms with Gasteiger partial charge in [0, 0.05) is 23.1 Å². The lowest BCUT2D eigenvalue weighted by molar-refractivity contribution is -0.142. The average molecular weight is 628 g/mol. The summed E-state index contributed by atoms with van der Waals surface area (Å²) in [7, 11) is 1.31. The molecule has 0 fully saturated rings. The number of nitrogens with zero attached hydrogens (tertiary/aromatic N) is 2. The fourth-order valence-corrected chi connectivity index (χ4v) is 4.77. The first-order valence-electron chi connectivity index (χ1n) is 16.3. The Morgan fingerprint density at radius 2 is 1.48 bits per heavy atom. The third-order valence-corrected chi connectivity index (χ3v) is 7.50. The molecule has 1 unspecified atom stereocenters. The Balaban J connectivity index is 0.00000282. The molecule has 3 aromatic carbocycles. The Morgan fingerprint density at radius 3 is 2.09 bits per heavy atom. The maximum absolute atomic E-state index is 12.9. The molecule has 0 aliphatic rings. The fourth-order valence-electron chi connectivity index (χ4n) is 4.77. The van der Waals surface area contributed by atoms with Gasteiger partial charge < -0.3 is 19.3 Å². The van der Waals surface area contributed by atoms with Crippen molar-refractivity contribution in [3.05, 3.63) is 89.5 Å². The van der Waals surface area contributed by atoms with E-state index in [1.807, 2.05) is 74.5 Å². The molecule has 0 spiro atoms. The van der Waals surface area contributed by atoms with E-state index >= 15 is 0 Å². The van der Waals surface area contributed by atoms with E-state index in [2.05, 4.69) is 43.2 Å². The predicted octanol–water partition coefficient (Wildman–Crippen LogP) is 8.59. The molecule has 0 aliphatic heterocycles. The topological polar surface area (TPSA) is 104 Å². The van der Waals surface area contributed by atoms with Crippen LogP contribution in [0.4, 0.5) is 0 Å².